The molecule has 18 heavy (non-hydrogen) atoms. The molecular formula is C14H20ClNO2. The van der Waals surface area contributed by atoms with Crippen molar-refractivity contribution < 1.29 is 9.53 Å². The Morgan fingerprint density at radius 3 is 2.56 bits per heavy atom. The van der Waals surface area contributed by atoms with Crippen molar-refractivity contribution in [1.82, 2.24) is 0 Å². The second-order valence-corrected chi connectivity index (χ2v) is 5.60. The highest BCUT2D eigenvalue weighted by Gasteiger charge is 2.21. The number of halogens is 1. The molecular weight excluding hydrogens is 250 g/mol. The highest BCUT2D eigenvalue weighted by Crippen LogP contribution is 2.28. The number of ether oxygens (including phenoxy) is 1. The van der Waals surface area contributed by atoms with Gasteiger partial charge in [-0.1, -0.05) is 39.3 Å². The Balaban J connectivity index is 2.75. The van der Waals surface area contributed by atoms with Gasteiger partial charge in [0.2, 0.25) is 5.91 Å². The van der Waals surface area contributed by atoms with Crippen LogP contribution in [0.1, 0.15) is 34.1 Å². The molecule has 1 N–H and O–H groups in total. The summed E-state index contributed by atoms with van der Waals surface area (Å²) in [5.74, 6) is 0.605. The van der Waals surface area contributed by atoms with Gasteiger partial charge in [-0.2, -0.15) is 0 Å². The van der Waals surface area contributed by atoms with E-state index in [-0.39, 0.29) is 5.91 Å². The van der Waals surface area contributed by atoms with E-state index < -0.39 is 5.41 Å². The predicted octanol–water partition coefficient (Wildman–Crippen LogP) is 4.11. The maximum absolute atomic E-state index is 11.8. The first-order valence-electron chi connectivity index (χ1n) is 6.08. The van der Waals surface area contributed by atoms with Crippen LogP contribution in [0.4, 0.5) is 5.69 Å². The van der Waals surface area contributed by atoms with Crippen LogP contribution in [0.2, 0.25) is 5.02 Å². The van der Waals surface area contributed by atoms with Crippen molar-refractivity contribution in [3.63, 3.8) is 0 Å². The van der Waals surface area contributed by atoms with E-state index in [1.165, 1.54) is 0 Å². The van der Waals surface area contributed by atoms with Crippen LogP contribution in [-0.2, 0) is 4.79 Å². The van der Waals surface area contributed by atoms with Gasteiger partial charge in [-0.05, 0) is 24.6 Å². The molecule has 0 saturated carbocycles. The van der Waals surface area contributed by atoms with Crippen LogP contribution in [0.3, 0.4) is 0 Å². The van der Waals surface area contributed by atoms with Crippen LogP contribution in [0.15, 0.2) is 18.2 Å². The first kappa shape index (κ1) is 14.8. The molecule has 1 aromatic carbocycles. The van der Waals surface area contributed by atoms with E-state index in [1.807, 2.05) is 27.7 Å². The lowest BCUT2D eigenvalue weighted by atomic mass is 9.95. The maximum Gasteiger partial charge on any atom is 0.229 e. The van der Waals surface area contributed by atoms with Crippen LogP contribution in [0, 0.1) is 5.41 Å². The molecule has 0 unspecified atom stereocenters. The lowest BCUT2D eigenvalue weighted by molar-refractivity contribution is -0.123. The number of carbonyl (C=O) groups excluding carboxylic acids is 1. The number of anilines is 1. The minimum absolute atomic E-state index is 0.0409. The number of hydrogen-bond acceptors (Lipinski definition) is 2. The molecule has 0 saturated heterocycles. The topological polar surface area (TPSA) is 38.3 Å². The summed E-state index contributed by atoms with van der Waals surface area (Å²) in [7, 11) is 0. The SMILES string of the molecule is CCCOc1ccc(NC(=O)C(C)(C)C)cc1Cl. The number of hydrogen-bond donors (Lipinski definition) is 1. The van der Waals surface area contributed by atoms with E-state index in [2.05, 4.69) is 5.32 Å². The maximum atomic E-state index is 11.8. The summed E-state index contributed by atoms with van der Waals surface area (Å²) in [5.41, 5.74) is 0.257. The summed E-state index contributed by atoms with van der Waals surface area (Å²) < 4.78 is 5.47. The van der Waals surface area contributed by atoms with Crippen molar-refractivity contribution in [1.29, 1.82) is 0 Å². The fourth-order valence-corrected chi connectivity index (χ4v) is 1.46. The summed E-state index contributed by atoms with van der Waals surface area (Å²) >= 11 is 6.09. The number of benzene rings is 1. The summed E-state index contributed by atoms with van der Waals surface area (Å²) in [4.78, 5) is 11.8. The molecule has 0 aromatic heterocycles. The zero-order valence-corrected chi connectivity index (χ0v) is 12.1. The lowest BCUT2D eigenvalue weighted by Crippen LogP contribution is -2.27. The number of rotatable bonds is 4. The quantitative estimate of drug-likeness (QED) is 0.893. The van der Waals surface area contributed by atoms with Crippen LogP contribution in [-0.4, -0.2) is 12.5 Å². The molecule has 0 bridgehead atoms. The molecule has 1 amide bonds. The monoisotopic (exact) mass is 269 g/mol. The Labute approximate surface area is 113 Å². The number of nitrogens with one attached hydrogen (secondary N) is 1. The zero-order chi connectivity index (χ0) is 13.8. The van der Waals surface area contributed by atoms with Gasteiger partial charge in [0.15, 0.2) is 0 Å². The van der Waals surface area contributed by atoms with Gasteiger partial charge in [0.05, 0.1) is 11.6 Å². The summed E-state index contributed by atoms with van der Waals surface area (Å²) in [6.07, 6.45) is 0.929. The molecule has 0 aliphatic heterocycles. The van der Waals surface area contributed by atoms with Crippen molar-refractivity contribution in [3.8, 4) is 5.75 Å². The largest absolute Gasteiger partial charge is 0.492 e. The zero-order valence-electron chi connectivity index (χ0n) is 11.3. The van der Waals surface area contributed by atoms with Gasteiger partial charge in [-0.3, -0.25) is 4.79 Å². The average Bonchev–Trinajstić information content (AvgIpc) is 2.26. The van der Waals surface area contributed by atoms with Crippen LogP contribution < -0.4 is 10.1 Å². The smallest absolute Gasteiger partial charge is 0.229 e. The van der Waals surface area contributed by atoms with E-state index in [0.29, 0.717) is 23.1 Å². The van der Waals surface area contributed by atoms with Crippen molar-refractivity contribution >= 4 is 23.2 Å². The second-order valence-electron chi connectivity index (χ2n) is 5.20. The Hall–Kier alpha value is -1.22. The molecule has 0 fully saturated rings. The van der Waals surface area contributed by atoms with E-state index in [0.717, 1.165) is 6.42 Å². The van der Waals surface area contributed by atoms with Gasteiger partial charge >= 0.3 is 0 Å². The molecule has 1 rings (SSSR count). The molecule has 0 aliphatic carbocycles. The minimum Gasteiger partial charge on any atom is -0.492 e. The number of amides is 1. The minimum atomic E-state index is -0.427. The summed E-state index contributed by atoms with van der Waals surface area (Å²) in [6, 6.07) is 5.27. The van der Waals surface area contributed by atoms with Gasteiger partial charge in [0.1, 0.15) is 5.75 Å². The third-order valence-corrected chi connectivity index (χ3v) is 2.63. The Kier molecular flexibility index (Phi) is 5.03. The molecule has 0 heterocycles. The van der Waals surface area contributed by atoms with Crippen molar-refractivity contribution in [2.24, 2.45) is 5.41 Å². The second kappa shape index (κ2) is 6.10. The number of carbonyl (C=O) groups is 1. The van der Waals surface area contributed by atoms with E-state index in [1.54, 1.807) is 18.2 Å². The van der Waals surface area contributed by atoms with E-state index >= 15 is 0 Å². The van der Waals surface area contributed by atoms with Crippen LogP contribution >= 0.6 is 11.6 Å². The molecule has 4 heteroatoms. The van der Waals surface area contributed by atoms with Gasteiger partial charge in [-0.15, -0.1) is 0 Å². The van der Waals surface area contributed by atoms with Gasteiger partial charge in [-0.25, -0.2) is 0 Å². The summed E-state index contributed by atoms with van der Waals surface area (Å²) in [5, 5.41) is 3.34. The Morgan fingerprint density at radius 1 is 1.39 bits per heavy atom. The average molecular weight is 270 g/mol. The first-order chi connectivity index (χ1) is 8.34. The van der Waals surface area contributed by atoms with Gasteiger partial charge in [0.25, 0.3) is 0 Å². The normalized spacial score (nSPS) is 11.2. The molecule has 100 valence electrons. The fraction of sp³-hybridized carbons (Fsp3) is 0.500. The van der Waals surface area contributed by atoms with Crippen LogP contribution in [0.5, 0.6) is 5.75 Å². The first-order valence-corrected chi connectivity index (χ1v) is 6.46. The van der Waals surface area contributed by atoms with Crippen LogP contribution in [0.25, 0.3) is 0 Å². The third-order valence-electron chi connectivity index (χ3n) is 2.33. The van der Waals surface area contributed by atoms with E-state index in [9.17, 15) is 4.79 Å². The standard InChI is InChI=1S/C14H20ClNO2/c1-5-8-18-12-7-6-10(9-11(12)15)16-13(17)14(2,3)4/h6-7,9H,5,8H2,1-4H3,(H,16,17). The summed E-state index contributed by atoms with van der Waals surface area (Å²) in [6.45, 7) is 8.26. The third kappa shape index (κ3) is 4.22. The molecule has 0 radical (unpaired) electrons. The van der Waals surface area contributed by atoms with Gasteiger partial charge < -0.3 is 10.1 Å². The molecule has 0 aliphatic rings. The molecule has 3 nitrogen and oxygen atoms in total. The highest BCUT2D eigenvalue weighted by atomic mass is 35.5. The lowest BCUT2D eigenvalue weighted by Gasteiger charge is -2.18. The fourth-order valence-electron chi connectivity index (χ4n) is 1.23. The van der Waals surface area contributed by atoms with Crippen molar-refractivity contribution in [3.05, 3.63) is 23.2 Å². The Bertz CT molecular complexity index is 424. The predicted molar refractivity (Wildman–Crippen MR) is 75.3 cm³/mol. The molecule has 1 aromatic rings. The van der Waals surface area contributed by atoms with Crippen molar-refractivity contribution in [2.75, 3.05) is 11.9 Å². The van der Waals surface area contributed by atoms with Crippen molar-refractivity contribution in [2.45, 2.75) is 34.1 Å². The highest BCUT2D eigenvalue weighted by molar-refractivity contribution is 6.32. The molecule has 0 atom stereocenters. The Morgan fingerprint density at radius 2 is 2.06 bits per heavy atom. The van der Waals surface area contributed by atoms with E-state index in [4.69, 9.17) is 16.3 Å². The molecule has 0 spiro atoms. The van der Waals surface area contributed by atoms with Gasteiger partial charge in [0, 0.05) is 11.1 Å².